The molecule has 0 spiro atoms. The number of rotatable bonds is 23. The SMILES string of the molecule is Cc1ccc(S(=O)(=O)c2ccc(Oc3ccc(-c4ccc(OCC(O)COCC[Si](C)(C)O[Si](C)(C)O[Si](C)(C)O[Si](C)(C)C)cc4)cc3)c(S(=O)(=O)O)c2)cc1SOOO. The van der Waals surface area contributed by atoms with Crippen molar-refractivity contribution in [1.82, 2.24) is 0 Å². The second-order valence-corrected chi connectivity index (χ2v) is 37.0. The fourth-order valence-corrected chi connectivity index (χ4v) is 27.1. The zero-order valence-corrected chi connectivity index (χ0v) is 42.4. The predicted molar refractivity (Wildman–Crippen MR) is 242 cm³/mol. The van der Waals surface area contributed by atoms with Crippen molar-refractivity contribution in [3.63, 3.8) is 0 Å². The molecule has 4 rings (SSSR count). The van der Waals surface area contributed by atoms with E-state index in [1.54, 1.807) is 43.3 Å². The fourth-order valence-electron chi connectivity index (χ4n) is 6.42. The van der Waals surface area contributed by atoms with Crippen molar-refractivity contribution in [3.8, 4) is 28.4 Å². The molecule has 0 amide bonds. The summed E-state index contributed by atoms with van der Waals surface area (Å²) >= 11 is 0.577. The standard InChI is InChI=1S/C39H56O15S3Si4/c1-29-11-20-35(25-38(29)55-51-50-41)56(42,43)36-21-22-37(39(26-36)57(44,45)46)49-34-18-14-31(15-19-34)30-12-16-33(17-13-30)48-28-32(40)27-47-23-24-59(5,6)53-61(9,10)54-60(7,8)52-58(2,3)4/h11-22,25-26,32,40-41H,23-24,27-28H2,1-10H3,(H,44,45,46). The molecule has 0 aliphatic heterocycles. The maximum Gasteiger partial charge on any atom is 0.312 e. The second-order valence-electron chi connectivity index (χ2n) is 16.7. The zero-order valence-electron chi connectivity index (χ0n) is 36.0. The highest BCUT2D eigenvalue weighted by atomic mass is 32.2. The number of benzene rings is 4. The normalized spacial score (nSPS) is 13.6. The summed E-state index contributed by atoms with van der Waals surface area (Å²) in [6.45, 7) is 21.3. The summed E-state index contributed by atoms with van der Waals surface area (Å²) in [7, 11) is -17.8. The van der Waals surface area contributed by atoms with E-state index in [2.05, 4.69) is 68.3 Å². The van der Waals surface area contributed by atoms with Crippen LogP contribution >= 0.6 is 12.0 Å². The molecule has 0 fully saturated rings. The lowest BCUT2D eigenvalue weighted by molar-refractivity contribution is -0.432. The van der Waals surface area contributed by atoms with Crippen molar-refractivity contribution in [2.75, 3.05) is 19.8 Å². The largest absolute Gasteiger partial charge is 0.491 e. The molecule has 0 aliphatic carbocycles. The molecule has 3 N–H and O–H groups in total. The Kier molecular flexibility index (Phi) is 17.4. The molecule has 0 radical (unpaired) electrons. The smallest absolute Gasteiger partial charge is 0.312 e. The van der Waals surface area contributed by atoms with Crippen LogP contribution in [-0.2, 0) is 46.4 Å². The van der Waals surface area contributed by atoms with Gasteiger partial charge in [0, 0.05) is 11.5 Å². The average molecular weight is 973 g/mol. The van der Waals surface area contributed by atoms with Crippen molar-refractivity contribution in [1.29, 1.82) is 0 Å². The van der Waals surface area contributed by atoms with Gasteiger partial charge in [0.15, 0.2) is 16.6 Å². The van der Waals surface area contributed by atoms with Gasteiger partial charge >= 0.3 is 17.1 Å². The highest BCUT2D eigenvalue weighted by Crippen LogP contribution is 2.35. The third kappa shape index (κ3) is 16.1. The van der Waals surface area contributed by atoms with Crippen LogP contribution in [0.1, 0.15) is 5.56 Å². The van der Waals surface area contributed by atoms with E-state index in [9.17, 15) is 26.5 Å². The number of sulfone groups is 1. The van der Waals surface area contributed by atoms with Gasteiger partial charge in [-0.25, -0.2) is 13.7 Å². The Morgan fingerprint density at radius 2 is 1.25 bits per heavy atom. The summed E-state index contributed by atoms with van der Waals surface area (Å²) in [4.78, 5) is -1.05. The van der Waals surface area contributed by atoms with Crippen LogP contribution in [0.5, 0.6) is 17.2 Å². The lowest BCUT2D eigenvalue weighted by atomic mass is 10.1. The average Bonchev–Trinajstić information content (AvgIpc) is 3.13. The molecule has 1 atom stereocenters. The minimum absolute atomic E-state index is 0.0362. The van der Waals surface area contributed by atoms with Gasteiger partial charge in [-0.2, -0.15) is 8.42 Å². The van der Waals surface area contributed by atoms with Crippen LogP contribution in [0.2, 0.25) is 65.0 Å². The summed E-state index contributed by atoms with van der Waals surface area (Å²) < 4.78 is 103. The Labute approximate surface area is 367 Å². The summed E-state index contributed by atoms with van der Waals surface area (Å²) in [5, 5.41) is 22.6. The van der Waals surface area contributed by atoms with E-state index in [0.717, 1.165) is 35.4 Å². The van der Waals surface area contributed by atoms with Gasteiger partial charge in [0.05, 0.1) is 28.4 Å². The van der Waals surface area contributed by atoms with Crippen LogP contribution in [-0.4, -0.2) is 91.4 Å². The first kappa shape index (κ1) is 50.9. The molecular formula is C39H56O15S3Si4. The van der Waals surface area contributed by atoms with Crippen LogP contribution in [0.4, 0.5) is 0 Å². The van der Waals surface area contributed by atoms with E-state index in [1.165, 1.54) is 18.2 Å². The lowest BCUT2D eigenvalue weighted by Crippen LogP contribution is -2.56. The van der Waals surface area contributed by atoms with Gasteiger partial charge in [-0.05, 0) is 143 Å². The molecule has 0 heterocycles. The van der Waals surface area contributed by atoms with Crippen LogP contribution in [0.15, 0.2) is 105 Å². The second kappa shape index (κ2) is 20.8. The van der Waals surface area contributed by atoms with E-state index >= 15 is 0 Å². The quantitative estimate of drug-likeness (QED) is 0.0158. The van der Waals surface area contributed by atoms with Crippen molar-refractivity contribution in [2.45, 2.75) is 97.6 Å². The Balaban J connectivity index is 1.30. The van der Waals surface area contributed by atoms with Gasteiger partial charge in [-0.1, -0.05) is 35.4 Å². The third-order valence-electron chi connectivity index (χ3n) is 8.56. The number of aliphatic hydroxyl groups excluding tert-OH is 1. The molecule has 4 aromatic carbocycles. The molecule has 0 aliphatic rings. The maximum atomic E-state index is 13.5. The Morgan fingerprint density at radius 1 is 0.689 bits per heavy atom. The first-order chi connectivity index (χ1) is 28.2. The maximum absolute atomic E-state index is 13.5. The van der Waals surface area contributed by atoms with Gasteiger partial charge in [-0.3, -0.25) is 4.55 Å². The highest BCUT2D eigenvalue weighted by Gasteiger charge is 2.42. The Hall–Kier alpha value is -2.76. The molecule has 0 bridgehead atoms. The molecule has 0 saturated carbocycles. The molecular weight excluding hydrogens is 917 g/mol. The van der Waals surface area contributed by atoms with Crippen LogP contribution in [0.3, 0.4) is 0 Å². The molecule has 336 valence electrons. The molecule has 15 nitrogen and oxygen atoms in total. The molecule has 1 unspecified atom stereocenters. The Bertz CT molecular complexity index is 2300. The third-order valence-corrected chi connectivity index (χ3v) is 25.9. The highest BCUT2D eigenvalue weighted by molar-refractivity contribution is 7.94. The Morgan fingerprint density at radius 3 is 1.82 bits per heavy atom. The number of ether oxygens (including phenoxy) is 3. The van der Waals surface area contributed by atoms with E-state index < -0.39 is 69.6 Å². The van der Waals surface area contributed by atoms with Crippen molar-refractivity contribution < 1.29 is 67.7 Å². The van der Waals surface area contributed by atoms with Crippen molar-refractivity contribution in [2.24, 2.45) is 0 Å². The van der Waals surface area contributed by atoms with E-state index in [-0.39, 0.29) is 29.6 Å². The van der Waals surface area contributed by atoms with E-state index in [4.69, 9.17) is 31.8 Å². The first-order valence-electron chi connectivity index (χ1n) is 19.2. The zero-order chi connectivity index (χ0) is 45.4. The molecule has 0 aromatic heterocycles. The summed E-state index contributed by atoms with van der Waals surface area (Å²) in [6.07, 6.45) is -0.839. The number of aryl methyl sites for hydroxylation is 1. The van der Waals surface area contributed by atoms with Crippen LogP contribution in [0, 0.1) is 6.92 Å². The fraction of sp³-hybridized carbons (Fsp3) is 0.385. The number of hydrogen-bond acceptors (Lipinski definition) is 15. The molecule has 22 heteroatoms. The number of hydrogen-bond donors (Lipinski definition) is 3. The van der Waals surface area contributed by atoms with Gasteiger partial charge in [-0.15, -0.1) is 4.33 Å². The molecule has 61 heavy (non-hydrogen) atoms. The first-order valence-corrected chi connectivity index (χ1v) is 35.0. The monoisotopic (exact) mass is 972 g/mol. The lowest BCUT2D eigenvalue weighted by Gasteiger charge is -2.40. The predicted octanol–water partition coefficient (Wildman–Crippen LogP) is 9.21. The van der Waals surface area contributed by atoms with Gasteiger partial charge < -0.3 is 31.7 Å². The topological polar surface area (TPSA) is 203 Å². The molecule has 0 saturated heterocycles. The van der Waals surface area contributed by atoms with Crippen molar-refractivity contribution in [3.05, 3.63) is 90.5 Å². The van der Waals surface area contributed by atoms with Crippen LogP contribution in [0.25, 0.3) is 11.1 Å². The number of aliphatic hydroxyl groups is 1. The minimum atomic E-state index is -4.94. The minimum Gasteiger partial charge on any atom is -0.491 e. The van der Waals surface area contributed by atoms with E-state index in [1.807, 2.05) is 12.1 Å². The van der Waals surface area contributed by atoms with Crippen LogP contribution < -0.4 is 9.47 Å². The van der Waals surface area contributed by atoms with Gasteiger partial charge in [0.25, 0.3) is 10.1 Å². The van der Waals surface area contributed by atoms with E-state index in [0.29, 0.717) is 34.9 Å². The van der Waals surface area contributed by atoms with Crippen molar-refractivity contribution >= 4 is 65.8 Å². The summed E-state index contributed by atoms with van der Waals surface area (Å²) in [6, 6.07) is 21.9. The summed E-state index contributed by atoms with van der Waals surface area (Å²) in [5.74, 6) is 0.479. The van der Waals surface area contributed by atoms with Gasteiger partial charge in [0.1, 0.15) is 34.9 Å². The molecule has 4 aromatic rings. The van der Waals surface area contributed by atoms with Gasteiger partial charge in [0.2, 0.25) is 9.84 Å². The summed E-state index contributed by atoms with van der Waals surface area (Å²) in [5.41, 5.74) is 2.26.